The highest BCUT2D eigenvalue weighted by molar-refractivity contribution is 5.66. The zero-order valence-electron chi connectivity index (χ0n) is 12.2. The minimum absolute atomic E-state index is 0.910. The van der Waals surface area contributed by atoms with E-state index in [1.54, 1.807) is 0 Å². The number of hydrogen-bond donors (Lipinski definition) is 0. The van der Waals surface area contributed by atoms with Gasteiger partial charge >= 0.3 is 0 Å². The maximum Gasteiger partial charge on any atom is 0.118 e. The largest absolute Gasteiger partial charge is 0.465 e. The van der Waals surface area contributed by atoms with Crippen molar-refractivity contribution in [2.45, 2.75) is 26.8 Å². The van der Waals surface area contributed by atoms with Crippen molar-refractivity contribution in [2.24, 2.45) is 0 Å². The second kappa shape index (κ2) is 5.68. The lowest BCUT2D eigenvalue weighted by molar-refractivity contribution is 0.265. The fraction of sp³-hybridized carbons (Fsp3) is 0.333. The van der Waals surface area contributed by atoms with Crippen molar-refractivity contribution in [1.29, 1.82) is 0 Å². The van der Waals surface area contributed by atoms with Crippen LogP contribution in [0.15, 0.2) is 46.9 Å². The highest BCUT2D eigenvalue weighted by atomic mass is 16.3. The van der Waals surface area contributed by atoms with Gasteiger partial charge in [0.25, 0.3) is 0 Å². The van der Waals surface area contributed by atoms with Crippen LogP contribution in [0.3, 0.4) is 0 Å². The van der Waals surface area contributed by atoms with E-state index in [9.17, 15) is 0 Å². The van der Waals surface area contributed by atoms with Crippen molar-refractivity contribution in [2.75, 3.05) is 13.1 Å². The van der Waals surface area contributed by atoms with E-state index in [4.69, 9.17) is 4.42 Å². The Hall–Kier alpha value is -1.80. The highest BCUT2D eigenvalue weighted by Crippen LogP contribution is 2.23. The molecule has 2 heteroatoms. The van der Waals surface area contributed by atoms with Crippen LogP contribution in [0.5, 0.6) is 0 Å². The molecule has 0 atom stereocenters. The lowest BCUT2D eigenvalue weighted by Gasteiger charge is -2.25. The number of benzene rings is 1. The predicted molar refractivity (Wildman–Crippen MR) is 82.5 cm³/mol. The molecule has 0 fully saturated rings. The van der Waals surface area contributed by atoms with E-state index >= 15 is 0 Å². The first-order chi connectivity index (χ1) is 9.72. The first-order valence-electron chi connectivity index (χ1n) is 7.25. The van der Waals surface area contributed by atoms with Crippen LogP contribution >= 0.6 is 0 Å². The molecule has 0 spiro atoms. The quantitative estimate of drug-likeness (QED) is 0.829. The molecule has 1 aliphatic rings. The van der Waals surface area contributed by atoms with E-state index in [-0.39, 0.29) is 0 Å². The van der Waals surface area contributed by atoms with Crippen molar-refractivity contribution in [3.63, 3.8) is 0 Å². The molecule has 2 heterocycles. The molecule has 2 nitrogen and oxygen atoms in total. The monoisotopic (exact) mass is 267 g/mol. The van der Waals surface area contributed by atoms with Gasteiger partial charge in [0.1, 0.15) is 11.5 Å². The summed E-state index contributed by atoms with van der Waals surface area (Å²) in [4.78, 5) is 2.43. The fourth-order valence-electron chi connectivity index (χ4n) is 2.72. The molecule has 20 heavy (non-hydrogen) atoms. The van der Waals surface area contributed by atoms with Gasteiger partial charge in [-0.3, -0.25) is 4.90 Å². The van der Waals surface area contributed by atoms with Gasteiger partial charge in [-0.1, -0.05) is 36.4 Å². The molecule has 0 radical (unpaired) electrons. The summed E-state index contributed by atoms with van der Waals surface area (Å²) in [5.41, 5.74) is 4.07. The average molecular weight is 267 g/mol. The van der Waals surface area contributed by atoms with Crippen LogP contribution in [0, 0.1) is 13.8 Å². The molecule has 0 saturated carbocycles. The fourth-order valence-corrected chi connectivity index (χ4v) is 2.72. The Kier molecular flexibility index (Phi) is 3.75. The maximum atomic E-state index is 5.77. The van der Waals surface area contributed by atoms with Gasteiger partial charge in [0, 0.05) is 13.1 Å². The summed E-state index contributed by atoms with van der Waals surface area (Å²) in [6.07, 6.45) is 3.46. The molecule has 1 aromatic carbocycles. The van der Waals surface area contributed by atoms with E-state index in [1.165, 1.54) is 16.7 Å². The number of nitrogens with zero attached hydrogens (tertiary/aromatic N) is 1. The van der Waals surface area contributed by atoms with E-state index in [2.05, 4.69) is 54.3 Å². The third-order valence-electron chi connectivity index (χ3n) is 4.03. The van der Waals surface area contributed by atoms with E-state index in [0.29, 0.717) is 0 Å². The maximum absolute atomic E-state index is 5.77. The lowest BCUT2D eigenvalue weighted by Crippen LogP contribution is -2.27. The molecule has 0 unspecified atom stereocenters. The number of aryl methyl sites for hydroxylation is 2. The number of furan rings is 1. The summed E-state index contributed by atoms with van der Waals surface area (Å²) >= 11 is 0. The Morgan fingerprint density at radius 2 is 1.95 bits per heavy atom. The lowest BCUT2D eigenvalue weighted by atomic mass is 9.99. The second-order valence-corrected chi connectivity index (χ2v) is 5.53. The van der Waals surface area contributed by atoms with Gasteiger partial charge in [0.15, 0.2) is 0 Å². The normalized spacial score (nSPS) is 16.2. The summed E-state index contributed by atoms with van der Waals surface area (Å²) in [7, 11) is 0. The topological polar surface area (TPSA) is 16.4 Å². The van der Waals surface area contributed by atoms with Crippen LogP contribution in [-0.2, 0) is 6.54 Å². The molecular weight excluding hydrogens is 246 g/mol. The van der Waals surface area contributed by atoms with E-state index < -0.39 is 0 Å². The van der Waals surface area contributed by atoms with Crippen molar-refractivity contribution >= 4 is 5.57 Å². The summed E-state index contributed by atoms with van der Waals surface area (Å²) < 4.78 is 5.77. The van der Waals surface area contributed by atoms with Gasteiger partial charge in [-0.2, -0.15) is 0 Å². The molecular formula is C18H21NO. The van der Waals surface area contributed by atoms with Crippen LogP contribution in [0.2, 0.25) is 0 Å². The molecule has 0 bridgehead atoms. The van der Waals surface area contributed by atoms with Crippen molar-refractivity contribution in [3.8, 4) is 0 Å². The first-order valence-corrected chi connectivity index (χ1v) is 7.25. The minimum Gasteiger partial charge on any atom is -0.465 e. The van der Waals surface area contributed by atoms with Crippen LogP contribution in [0.4, 0.5) is 0 Å². The van der Waals surface area contributed by atoms with Gasteiger partial charge in [-0.25, -0.2) is 0 Å². The zero-order valence-corrected chi connectivity index (χ0v) is 12.2. The average Bonchev–Trinajstić information content (AvgIpc) is 2.79. The Bertz CT molecular complexity index is 590. The van der Waals surface area contributed by atoms with Gasteiger partial charge in [0.05, 0.1) is 6.54 Å². The SMILES string of the molecule is Cc1cc(CN2CC=C(c3ccccc3)CC2)oc1C. The molecule has 0 saturated heterocycles. The Morgan fingerprint density at radius 3 is 2.55 bits per heavy atom. The van der Waals surface area contributed by atoms with Crippen molar-refractivity contribution in [3.05, 3.63) is 65.1 Å². The minimum atomic E-state index is 0.910. The van der Waals surface area contributed by atoms with Gasteiger partial charge < -0.3 is 4.42 Å². The summed E-state index contributed by atoms with van der Waals surface area (Å²) in [6.45, 7) is 7.14. The number of hydrogen-bond acceptors (Lipinski definition) is 2. The molecule has 3 rings (SSSR count). The third-order valence-corrected chi connectivity index (χ3v) is 4.03. The Balaban J connectivity index is 1.65. The first kappa shape index (κ1) is 13.2. The second-order valence-electron chi connectivity index (χ2n) is 5.53. The molecule has 0 amide bonds. The van der Waals surface area contributed by atoms with E-state index in [0.717, 1.165) is 37.6 Å². The van der Waals surface area contributed by atoms with Gasteiger partial charge in [-0.05, 0) is 43.0 Å². The van der Waals surface area contributed by atoms with Crippen LogP contribution in [-0.4, -0.2) is 18.0 Å². The van der Waals surface area contributed by atoms with Crippen LogP contribution in [0.1, 0.15) is 29.1 Å². The van der Waals surface area contributed by atoms with Gasteiger partial charge in [0.2, 0.25) is 0 Å². The standard InChI is InChI=1S/C18H21NO/c1-14-12-18(20-15(14)2)13-19-10-8-17(9-11-19)16-6-4-3-5-7-16/h3-8,12H,9-11,13H2,1-2H3. The smallest absolute Gasteiger partial charge is 0.118 e. The Labute approximate surface area is 120 Å². The van der Waals surface area contributed by atoms with Crippen LogP contribution in [0.25, 0.3) is 5.57 Å². The molecule has 2 aromatic rings. The molecule has 104 valence electrons. The molecule has 1 aliphatic heterocycles. The third kappa shape index (κ3) is 2.86. The van der Waals surface area contributed by atoms with E-state index in [1.807, 2.05) is 6.92 Å². The van der Waals surface area contributed by atoms with Crippen LogP contribution < -0.4 is 0 Å². The summed E-state index contributed by atoms with van der Waals surface area (Å²) in [5.74, 6) is 2.12. The summed E-state index contributed by atoms with van der Waals surface area (Å²) in [5, 5.41) is 0. The Morgan fingerprint density at radius 1 is 1.15 bits per heavy atom. The van der Waals surface area contributed by atoms with Gasteiger partial charge in [-0.15, -0.1) is 0 Å². The highest BCUT2D eigenvalue weighted by Gasteiger charge is 2.15. The van der Waals surface area contributed by atoms with Crippen molar-refractivity contribution < 1.29 is 4.42 Å². The number of rotatable bonds is 3. The molecule has 0 N–H and O–H groups in total. The zero-order chi connectivity index (χ0) is 13.9. The summed E-state index contributed by atoms with van der Waals surface area (Å²) in [6, 6.07) is 12.8. The predicted octanol–water partition coefficient (Wildman–Crippen LogP) is 4.19. The van der Waals surface area contributed by atoms with Crippen molar-refractivity contribution in [1.82, 2.24) is 4.90 Å². The molecule has 1 aromatic heterocycles. The molecule has 0 aliphatic carbocycles.